The van der Waals surface area contributed by atoms with E-state index in [0.29, 0.717) is 29.2 Å². The van der Waals surface area contributed by atoms with Crippen molar-refractivity contribution in [2.45, 2.75) is 6.54 Å². The maximum atomic E-state index is 12.6. The molecule has 126 valence electrons. The predicted octanol–water partition coefficient (Wildman–Crippen LogP) is 3.01. The molecule has 0 amide bonds. The molecule has 0 aliphatic carbocycles. The number of ether oxygens (including phenoxy) is 1. The van der Waals surface area contributed by atoms with E-state index >= 15 is 0 Å². The van der Waals surface area contributed by atoms with Crippen LogP contribution in [0.3, 0.4) is 0 Å². The molecular formula is C18H15ClN4O2. The average molecular weight is 355 g/mol. The minimum absolute atomic E-state index is 0.104. The van der Waals surface area contributed by atoms with Gasteiger partial charge in [-0.3, -0.25) is 4.79 Å². The predicted molar refractivity (Wildman–Crippen MR) is 97.1 cm³/mol. The molecule has 0 saturated heterocycles. The van der Waals surface area contributed by atoms with E-state index in [9.17, 15) is 4.79 Å². The Morgan fingerprint density at radius 2 is 1.96 bits per heavy atom. The maximum absolute atomic E-state index is 12.6. The Labute approximate surface area is 148 Å². The van der Waals surface area contributed by atoms with Crippen molar-refractivity contribution in [3.8, 4) is 11.1 Å². The molecule has 4 aromatic rings. The van der Waals surface area contributed by atoms with Crippen molar-refractivity contribution in [3.63, 3.8) is 0 Å². The Bertz CT molecular complexity index is 1120. The lowest BCUT2D eigenvalue weighted by atomic mass is 10.1. The summed E-state index contributed by atoms with van der Waals surface area (Å²) >= 11 is 5.96. The van der Waals surface area contributed by atoms with Gasteiger partial charge in [0.05, 0.1) is 23.7 Å². The van der Waals surface area contributed by atoms with Crippen LogP contribution in [0.25, 0.3) is 27.7 Å². The first-order valence-electron chi connectivity index (χ1n) is 7.80. The number of aromatic nitrogens is 4. The lowest BCUT2D eigenvalue weighted by Gasteiger charge is -2.07. The van der Waals surface area contributed by atoms with Gasteiger partial charge in [0.1, 0.15) is 0 Å². The van der Waals surface area contributed by atoms with Gasteiger partial charge in [-0.25, -0.2) is 9.50 Å². The lowest BCUT2D eigenvalue weighted by Crippen LogP contribution is -2.22. The number of rotatable bonds is 4. The van der Waals surface area contributed by atoms with Crippen LogP contribution in [0.2, 0.25) is 5.02 Å². The molecule has 7 heteroatoms. The van der Waals surface area contributed by atoms with Crippen LogP contribution in [0.1, 0.15) is 0 Å². The standard InChI is InChI=1S/C18H15ClN4O2/c1-25-9-8-22-7-6-16-15(18(22)24)10-20-17-14(11-21-23(16)17)12-2-4-13(19)5-3-12/h2-7,10-11H,8-9H2,1H3. The first-order valence-corrected chi connectivity index (χ1v) is 8.17. The smallest absolute Gasteiger partial charge is 0.261 e. The summed E-state index contributed by atoms with van der Waals surface area (Å²) in [7, 11) is 1.61. The third-order valence-electron chi connectivity index (χ3n) is 4.16. The fourth-order valence-corrected chi connectivity index (χ4v) is 2.98. The molecule has 6 nitrogen and oxygen atoms in total. The average Bonchev–Trinajstić information content (AvgIpc) is 3.06. The van der Waals surface area contributed by atoms with Crippen LogP contribution in [0, 0.1) is 0 Å². The molecule has 0 aliphatic rings. The Morgan fingerprint density at radius 3 is 2.72 bits per heavy atom. The molecule has 0 bridgehead atoms. The number of nitrogens with zero attached hydrogens (tertiary/aromatic N) is 4. The lowest BCUT2D eigenvalue weighted by molar-refractivity contribution is 0.186. The number of halogens is 1. The summed E-state index contributed by atoms with van der Waals surface area (Å²) in [5.41, 5.74) is 3.18. The summed E-state index contributed by atoms with van der Waals surface area (Å²) in [5, 5.41) is 5.63. The molecule has 1 aromatic carbocycles. The fraction of sp³-hybridized carbons (Fsp3) is 0.167. The van der Waals surface area contributed by atoms with Gasteiger partial charge in [-0.15, -0.1) is 0 Å². The molecule has 0 fully saturated rings. The second-order valence-corrected chi connectivity index (χ2v) is 6.10. The second-order valence-electron chi connectivity index (χ2n) is 5.66. The molecule has 0 saturated carbocycles. The van der Waals surface area contributed by atoms with Gasteiger partial charge in [-0.1, -0.05) is 23.7 Å². The van der Waals surface area contributed by atoms with E-state index in [1.165, 1.54) is 0 Å². The van der Waals surface area contributed by atoms with E-state index in [4.69, 9.17) is 16.3 Å². The van der Waals surface area contributed by atoms with E-state index in [1.807, 2.05) is 30.3 Å². The number of hydrogen-bond donors (Lipinski definition) is 0. The molecular weight excluding hydrogens is 340 g/mol. The summed E-state index contributed by atoms with van der Waals surface area (Å²) in [6, 6.07) is 9.38. The van der Waals surface area contributed by atoms with Crippen molar-refractivity contribution in [2.24, 2.45) is 0 Å². The largest absolute Gasteiger partial charge is 0.383 e. The van der Waals surface area contributed by atoms with Crippen LogP contribution in [0.15, 0.2) is 53.7 Å². The normalized spacial score (nSPS) is 11.4. The zero-order valence-corrected chi connectivity index (χ0v) is 14.3. The zero-order valence-electron chi connectivity index (χ0n) is 13.5. The van der Waals surface area contributed by atoms with Gasteiger partial charge in [0.15, 0.2) is 5.65 Å². The Hall–Kier alpha value is -2.70. The van der Waals surface area contributed by atoms with Crippen molar-refractivity contribution in [2.75, 3.05) is 13.7 Å². The molecule has 0 N–H and O–H groups in total. The van der Waals surface area contributed by atoms with Crippen LogP contribution in [-0.4, -0.2) is 32.9 Å². The van der Waals surface area contributed by atoms with Crippen molar-refractivity contribution in [3.05, 3.63) is 64.3 Å². The minimum Gasteiger partial charge on any atom is -0.383 e. The molecule has 0 spiro atoms. The van der Waals surface area contributed by atoms with Gasteiger partial charge in [-0.2, -0.15) is 5.10 Å². The van der Waals surface area contributed by atoms with Gasteiger partial charge >= 0.3 is 0 Å². The topological polar surface area (TPSA) is 61.4 Å². The van der Waals surface area contributed by atoms with Crippen LogP contribution in [-0.2, 0) is 11.3 Å². The summed E-state index contributed by atoms with van der Waals surface area (Å²) < 4.78 is 8.35. The van der Waals surface area contributed by atoms with E-state index < -0.39 is 0 Å². The summed E-state index contributed by atoms with van der Waals surface area (Å²) in [5.74, 6) is 0. The number of hydrogen-bond acceptors (Lipinski definition) is 4. The van der Waals surface area contributed by atoms with Crippen LogP contribution < -0.4 is 5.56 Å². The molecule has 4 rings (SSSR count). The van der Waals surface area contributed by atoms with Gasteiger partial charge in [0, 0.05) is 36.6 Å². The highest BCUT2D eigenvalue weighted by molar-refractivity contribution is 6.30. The number of fused-ring (bicyclic) bond motifs is 3. The first-order chi connectivity index (χ1) is 12.2. The molecule has 25 heavy (non-hydrogen) atoms. The van der Waals surface area contributed by atoms with E-state index in [0.717, 1.165) is 16.6 Å². The molecule has 0 unspecified atom stereocenters. The quantitative estimate of drug-likeness (QED) is 0.565. The summed E-state index contributed by atoms with van der Waals surface area (Å²) in [4.78, 5) is 17.1. The SMILES string of the molecule is COCCn1ccc2c(cnc3c(-c4ccc(Cl)cc4)cnn32)c1=O. The Morgan fingerprint density at radius 1 is 1.16 bits per heavy atom. The Balaban J connectivity index is 1.89. The maximum Gasteiger partial charge on any atom is 0.261 e. The van der Waals surface area contributed by atoms with Gasteiger partial charge in [0.2, 0.25) is 0 Å². The number of methoxy groups -OCH3 is 1. The van der Waals surface area contributed by atoms with Crippen LogP contribution >= 0.6 is 11.6 Å². The molecule has 3 heterocycles. The molecule has 0 aliphatic heterocycles. The zero-order chi connectivity index (χ0) is 17.4. The number of pyridine rings is 1. The Kier molecular flexibility index (Phi) is 3.99. The van der Waals surface area contributed by atoms with Gasteiger partial charge < -0.3 is 9.30 Å². The van der Waals surface area contributed by atoms with Crippen molar-refractivity contribution >= 4 is 28.2 Å². The van der Waals surface area contributed by atoms with Gasteiger partial charge in [0.25, 0.3) is 5.56 Å². The van der Waals surface area contributed by atoms with Crippen LogP contribution in [0.5, 0.6) is 0 Å². The molecule has 0 radical (unpaired) electrons. The highest BCUT2D eigenvalue weighted by Crippen LogP contribution is 2.26. The first kappa shape index (κ1) is 15.8. The number of benzene rings is 1. The third-order valence-corrected chi connectivity index (χ3v) is 4.41. The third kappa shape index (κ3) is 2.69. The molecule has 3 aromatic heterocycles. The molecule has 0 atom stereocenters. The fourth-order valence-electron chi connectivity index (χ4n) is 2.86. The van der Waals surface area contributed by atoms with Crippen LogP contribution in [0.4, 0.5) is 0 Å². The summed E-state index contributed by atoms with van der Waals surface area (Å²) in [6.07, 6.45) is 5.12. The van der Waals surface area contributed by atoms with E-state index in [2.05, 4.69) is 10.1 Å². The van der Waals surface area contributed by atoms with E-state index in [1.54, 1.807) is 34.8 Å². The summed E-state index contributed by atoms with van der Waals surface area (Å²) in [6.45, 7) is 0.974. The monoisotopic (exact) mass is 354 g/mol. The van der Waals surface area contributed by atoms with E-state index in [-0.39, 0.29) is 5.56 Å². The van der Waals surface area contributed by atoms with Crippen molar-refractivity contribution < 1.29 is 4.74 Å². The highest BCUT2D eigenvalue weighted by atomic mass is 35.5. The van der Waals surface area contributed by atoms with Crippen molar-refractivity contribution in [1.29, 1.82) is 0 Å². The second kappa shape index (κ2) is 6.31. The van der Waals surface area contributed by atoms with Gasteiger partial charge in [-0.05, 0) is 23.8 Å². The highest BCUT2D eigenvalue weighted by Gasteiger charge is 2.12. The van der Waals surface area contributed by atoms with Crippen molar-refractivity contribution in [1.82, 2.24) is 19.2 Å². The minimum atomic E-state index is -0.104.